The third-order valence-corrected chi connectivity index (χ3v) is 4.31. The van der Waals surface area contributed by atoms with E-state index >= 15 is 0 Å². The van der Waals surface area contributed by atoms with Gasteiger partial charge in [-0.25, -0.2) is 9.37 Å². The van der Waals surface area contributed by atoms with Gasteiger partial charge in [-0.15, -0.1) is 0 Å². The van der Waals surface area contributed by atoms with E-state index in [1.807, 2.05) is 40.9 Å². The van der Waals surface area contributed by atoms with Crippen molar-refractivity contribution in [3.63, 3.8) is 0 Å². The number of pyridine rings is 1. The predicted molar refractivity (Wildman–Crippen MR) is 96.4 cm³/mol. The summed E-state index contributed by atoms with van der Waals surface area (Å²) in [5.74, 6) is -0.519. The number of benzene rings is 2. The summed E-state index contributed by atoms with van der Waals surface area (Å²) in [5, 5.41) is 0.667. The van der Waals surface area contributed by atoms with Crippen molar-refractivity contribution in [2.75, 3.05) is 0 Å². The second-order valence-corrected chi connectivity index (χ2v) is 6.08. The first-order chi connectivity index (χ1) is 12.2. The molecule has 0 fully saturated rings. The minimum Gasteiger partial charge on any atom is -0.306 e. The summed E-state index contributed by atoms with van der Waals surface area (Å²) in [7, 11) is 0. The Morgan fingerprint density at radius 1 is 0.960 bits per heavy atom. The van der Waals surface area contributed by atoms with Crippen LogP contribution in [0.3, 0.4) is 0 Å². The zero-order chi connectivity index (χ0) is 17.4. The minimum absolute atomic E-state index is 0.0464. The number of carbonyl (C=O) groups is 1. The van der Waals surface area contributed by atoms with Gasteiger partial charge in [-0.2, -0.15) is 0 Å². The number of hydrogen-bond donors (Lipinski definition) is 0. The quantitative estimate of drug-likeness (QED) is 0.471. The van der Waals surface area contributed by atoms with Crippen molar-refractivity contribution in [2.24, 2.45) is 0 Å². The molecule has 0 saturated carbocycles. The van der Waals surface area contributed by atoms with E-state index in [0.717, 1.165) is 16.9 Å². The third kappa shape index (κ3) is 2.81. The maximum Gasteiger partial charge on any atom is 0.153 e. The maximum absolute atomic E-state index is 14.4. The summed E-state index contributed by atoms with van der Waals surface area (Å²) in [6.45, 7) is 0. The van der Waals surface area contributed by atoms with E-state index in [1.165, 1.54) is 6.07 Å². The third-order valence-electron chi connectivity index (χ3n) is 4.06. The maximum atomic E-state index is 14.4. The van der Waals surface area contributed by atoms with Crippen LogP contribution in [0.25, 0.3) is 28.0 Å². The molecule has 0 aliphatic heterocycles. The normalized spacial score (nSPS) is 11.0. The molecule has 25 heavy (non-hydrogen) atoms. The Bertz CT molecular complexity index is 1090. The van der Waals surface area contributed by atoms with Gasteiger partial charge in [0.05, 0.1) is 11.3 Å². The molecule has 2 aromatic heterocycles. The van der Waals surface area contributed by atoms with Crippen LogP contribution in [0, 0.1) is 5.82 Å². The Morgan fingerprint density at radius 3 is 2.48 bits per heavy atom. The van der Waals surface area contributed by atoms with E-state index in [9.17, 15) is 9.18 Å². The van der Waals surface area contributed by atoms with Gasteiger partial charge in [-0.3, -0.25) is 4.79 Å². The molecule has 5 heteroatoms. The van der Waals surface area contributed by atoms with Gasteiger partial charge in [0.25, 0.3) is 0 Å². The van der Waals surface area contributed by atoms with Crippen molar-refractivity contribution < 1.29 is 9.18 Å². The Kier molecular flexibility index (Phi) is 3.82. The van der Waals surface area contributed by atoms with Crippen LogP contribution >= 0.6 is 11.6 Å². The molecule has 0 aliphatic carbocycles. The van der Waals surface area contributed by atoms with Crippen LogP contribution in [0.2, 0.25) is 5.02 Å². The first-order valence-corrected chi connectivity index (χ1v) is 8.02. The molecule has 4 aromatic rings. The largest absolute Gasteiger partial charge is 0.306 e. The highest BCUT2D eigenvalue weighted by Gasteiger charge is 2.11. The monoisotopic (exact) mass is 350 g/mol. The topological polar surface area (TPSA) is 34.4 Å². The molecule has 3 nitrogen and oxygen atoms in total. The first kappa shape index (κ1) is 15.5. The lowest BCUT2D eigenvalue weighted by atomic mass is 10.0. The van der Waals surface area contributed by atoms with Crippen LogP contribution in [-0.2, 0) is 0 Å². The van der Waals surface area contributed by atoms with E-state index in [0.29, 0.717) is 22.4 Å². The molecule has 2 heterocycles. The van der Waals surface area contributed by atoms with E-state index < -0.39 is 5.82 Å². The number of aldehydes is 1. The molecule has 0 N–H and O–H groups in total. The minimum atomic E-state index is -0.519. The standard InChI is InChI=1S/C20H12ClFN2O/c21-16-7-4-13(5-8-16)18-11-24-10-14(6-9-19(24)23-18)17-3-1-2-15(12-25)20(17)22/h1-12H. The zero-order valence-corrected chi connectivity index (χ0v) is 13.7. The molecule has 0 radical (unpaired) electrons. The van der Waals surface area contributed by atoms with Gasteiger partial charge in [-0.1, -0.05) is 35.9 Å². The highest BCUT2D eigenvalue weighted by Crippen LogP contribution is 2.27. The summed E-state index contributed by atoms with van der Waals surface area (Å²) in [5.41, 5.74) is 3.60. The molecule has 0 bridgehead atoms. The number of fused-ring (bicyclic) bond motifs is 1. The van der Waals surface area contributed by atoms with E-state index in [4.69, 9.17) is 11.6 Å². The van der Waals surface area contributed by atoms with Crippen LogP contribution in [-0.4, -0.2) is 15.7 Å². The van der Waals surface area contributed by atoms with E-state index in [-0.39, 0.29) is 5.56 Å². The number of carbonyl (C=O) groups excluding carboxylic acids is 1. The van der Waals surface area contributed by atoms with Gasteiger partial charge >= 0.3 is 0 Å². The van der Waals surface area contributed by atoms with Gasteiger partial charge in [0.1, 0.15) is 11.5 Å². The fourth-order valence-corrected chi connectivity index (χ4v) is 2.90. The summed E-state index contributed by atoms with van der Waals surface area (Å²) in [6, 6.07) is 15.8. The average Bonchev–Trinajstić information content (AvgIpc) is 3.05. The Labute approximate surface area is 148 Å². The SMILES string of the molecule is O=Cc1cccc(-c2ccc3nc(-c4ccc(Cl)cc4)cn3c2)c1F. The van der Waals surface area contributed by atoms with Gasteiger partial charge in [0.15, 0.2) is 6.29 Å². The number of imidazole rings is 1. The number of hydrogen-bond acceptors (Lipinski definition) is 2. The lowest BCUT2D eigenvalue weighted by Gasteiger charge is -2.05. The van der Waals surface area contributed by atoms with Crippen LogP contribution in [0.1, 0.15) is 10.4 Å². The molecule has 0 amide bonds. The van der Waals surface area contributed by atoms with Gasteiger partial charge in [0.2, 0.25) is 0 Å². The second kappa shape index (κ2) is 6.15. The zero-order valence-electron chi connectivity index (χ0n) is 13.0. The fourth-order valence-electron chi connectivity index (χ4n) is 2.77. The Hall–Kier alpha value is -2.98. The molecule has 0 unspecified atom stereocenters. The predicted octanol–water partition coefficient (Wildman–Crippen LogP) is 5.27. The fraction of sp³-hybridized carbons (Fsp3) is 0. The Morgan fingerprint density at radius 2 is 1.72 bits per heavy atom. The van der Waals surface area contributed by atoms with Crippen molar-refractivity contribution >= 4 is 23.5 Å². The molecule has 0 spiro atoms. The van der Waals surface area contributed by atoms with Crippen LogP contribution in [0.4, 0.5) is 4.39 Å². The van der Waals surface area contributed by atoms with Crippen molar-refractivity contribution in [3.05, 3.63) is 83.4 Å². The van der Waals surface area contributed by atoms with E-state index in [2.05, 4.69) is 4.98 Å². The number of halogens is 2. The lowest BCUT2D eigenvalue weighted by molar-refractivity contribution is 0.112. The first-order valence-electron chi connectivity index (χ1n) is 7.64. The summed E-state index contributed by atoms with van der Waals surface area (Å²) < 4.78 is 16.2. The van der Waals surface area contributed by atoms with Crippen molar-refractivity contribution in [1.29, 1.82) is 0 Å². The van der Waals surface area contributed by atoms with Crippen LogP contribution < -0.4 is 0 Å². The van der Waals surface area contributed by atoms with Gasteiger partial charge < -0.3 is 4.40 Å². The molecular weight excluding hydrogens is 339 g/mol. The summed E-state index contributed by atoms with van der Waals surface area (Å²) in [4.78, 5) is 15.5. The molecule has 0 atom stereocenters. The molecule has 122 valence electrons. The van der Waals surface area contributed by atoms with Crippen molar-refractivity contribution in [1.82, 2.24) is 9.38 Å². The van der Waals surface area contributed by atoms with Gasteiger partial charge in [-0.05, 0) is 30.3 Å². The van der Waals surface area contributed by atoms with Crippen LogP contribution in [0.15, 0.2) is 67.0 Å². The second-order valence-electron chi connectivity index (χ2n) is 5.64. The molecule has 0 aliphatic rings. The van der Waals surface area contributed by atoms with E-state index in [1.54, 1.807) is 24.4 Å². The number of rotatable bonds is 3. The molecule has 2 aromatic carbocycles. The average molecular weight is 351 g/mol. The lowest BCUT2D eigenvalue weighted by Crippen LogP contribution is -1.93. The molecular formula is C20H12ClFN2O. The van der Waals surface area contributed by atoms with Crippen LogP contribution in [0.5, 0.6) is 0 Å². The van der Waals surface area contributed by atoms with Crippen molar-refractivity contribution in [2.45, 2.75) is 0 Å². The summed E-state index contributed by atoms with van der Waals surface area (Å²) in [6.07, 6.45) is 4.20. The molecule has 0 saturated heterocycles. The summed E-state index contributed by atoms with van der Waals surface area (Å²) >= 11 is 5.92. The van der Waals surface area contributed by atoms with Gasteiger partial charge in [0, 0.05) is 34.1 Å². The number of aromatic nitrogens is 2. The Balaban J connectivity index is 1.81. The highest BCUT2D eigenvalue weighted by atomic mass is 35.5. The highest BCUT2D eigenvalue weighted by molar-refractivity contribution is 6.30. The molecule has 4 rings (SSSR count). The smallest absolute Gasteiger partial charge is 0.153 e. The van der Waals surface area contributed by atoms with Crippen molar-refractivity contribution in [3.8, 4) is 22.4 Å². The number of nitrogens with zero attached hydrogens (tertiary/aromatic N) is 2.